The molecule has 2 heteroatoms. The summed E-state index contributed by atoms with van der Waals surface area (Å²) in [6.07, 6.45) is 8.34. The van der Waals surface area contributed by atoms with Gasteiger partial charge in [-0.1, -0.05) is 6.92 Å². The third kappa shape index (κ3) is 2.00. The summed E-state index contributed by atoms with van der Waals surface area (Å²) in [5.74, 6) is 3.09. The Morgan fingerprint density at radius 1 is 1.75 bits per heavy atom. The molecule has 0 saturated carbocycles. The van der Waals surface area contributed by atoms with Crippen LogP contribution in [0.5, 0.6) is 0 Å². The summed E-state index contributed by atoms with van der Waals surface area (Å²) in [7, 11) is 0. The third-order valence-corrected chi connectivity index (χ3v) is 2.57. The first-order valence-electron chi connectivity index (χ1n) is 4.60. The maximum atomic E-state index is 5.93. The Kier molecular flexibility index (Phi) is 3.58. The Morgan fingerprint density at radius 2 is 2.50 bits per heavy atom. The van der Waals surface area contributed by atoms with E-state index in [1.807, 2.05) is 0 Å². The van der Waals surface area contributed by atoms with Gasteiger partial charge >= 0.3 is 0 Å². The maximum Gasteiger partial charge on any atom is 0.0616 e. The predicted octanol–water partition coefficient (Wildman–Crippen LogP) is 1.15. The minimum atomic E-state index is 0.127. The van der Waals surface area contributed by atoms with E-state index in [1.54, 1.807) is 0 Å². The highest BCUT2D eigenvalue weighted by Gasteiger charge is 2.30. The zero-order chi connectivity index (χ0) is 8.97. The Hall–Kier alpha value is -0.520. The number of hydrogen-bond donors (Lipinski definition) is 1. The van der Waals surface area contributed by atoms with E-state index in [0.717, 1.165) is 19.4 Å². The van der Waals surface area contributed by atoms with Crippen molar-refractivity contribution in [1.82, 2.24) is 0 Å². The van der Waals surface area contributed by atoms with Crippen LogP contribution in [0.15, 0.2) is 0 Å². The van der Waals surface area contributed by atoms with Gasteiger partial charge in [0.05, 0.1) is 6.10 Å². The highest BCUT2D eigenvalue weighted by molar-refractivity contribution is 4.94. The fraction of sp³-hybridized carbons (Fsp3) is 0.800. The molecule has 0 radical (unpaired) electrons. The SMILES string of the molecule is C#CCC(N)C1CCOC1CC. The predicted molar refractivity (Wildman–Crippen MR) is 49.6 cm³/mol. The molecule has 1 rings (SSSR count). The first-order valence-corrected chi connectivity index (χ1v) is 4.60. The maximum absolute atomic E-state index is 5.93. The van der Waals surface area contributed by atoms with Crippen LogP contribution >= 0.6 is 0 Å². The van der Waals surface area contributed by atoms with Crippen molar-refractivity contribution in [3.63, 3.8) is 0 Å². The standard InChI is InChI=1S/C10H17NO/c1-3-5-9(11)8-6-7-12-10(8)4-2/h1,8-10H,4-7,11H2,2H3. The normalized spacial score (nSPS) is 31.4. The lowest BCUT2D eigenvalue weighted by atomic mass is 9.90. The fourth-order valence-electron chi connectivity index (χ4n) is 1.86. The van der Waals surface area contributed by atoms with Crippen molar-refractivity contribution in [1.29, 1.82) is 0 Å². The van der Waals surface area contributed by atoms with Gasteiger partial charge in [0, 0.05) is 25.0 Å². The van der Waals surface area contributed by atoms with E-state index in [0.29, 0.717) is 18.4 Å². The van der Waals surface area contributed by atoms with E-state index in [-0.39, 0.29) is 6.04 Å². The molecule has 2 N–H and O–H groups in total. The molecule has 68 valence electrons. The molecule has 0 aromatic heterocycles. The topological polar surface area (TPSA) is 35.2 Å². The minimum Gasteiger partial charge on any atom is -0.378 e. The smallest absolute Gasteiger partial charge is 0.0616 e. The third-order valence-electron chi connectivity index (χ3n) is 2.57. The molecule has 1 heterocycles. The van der Waals surface area contributed by atoms with Crippen LogP contribution in [-0.2, 0) is 4.74 Å². The van der Waals surface area contributed by atoms with Crippen LogP contribution in [0.3, 0.4) is 0 Å². The molecule has 0 aromatic carbocycles. The van der Waals surface area contributed by atoms with Gasteiger partial charge in [-0.3, -0.25) is 0 Å². The van der Waals surface area contributed by atoms with Crippen LogP contribution in [-0.4, -0.2) is 18.8 Å². The number of nitrogens with two attached hydrogens (primary N) is 1. The molecule has 3 atom stereocenters. The van der Waals surface area contributed by atoms with Gasteiger partial charge in [0.25, 0.3) is 0 Å². The Morgan fingerprint density at radius 3 is 3.08 bits per heavy atom. The van der Waals surface area contributed by atoms with Crippen molar-refractivity contribution >= 4 is 0 Å². The van der Waals surface area contributed by atoms with Crippen molar-refractivity contribution in [2.24, 2.45) is 11.7 Å². The van der Waals surface area contributed by atoms with Crippen molar-refractivity contribution in [2.75, 3.05) is 6.61 Å². The second-order valence-corrected chi connectivity index (χ2v) is 3.34. The molecule has 0 bridgehead atoms. The van der Waals surface area contributed by atoms with Gasteiger partial charge in [0.15, 0.2) is 0 Å². The van der Waals surface area contributed by atoms with Crippen molar-refractivity contribution in [3.05, 3.63) is 0 Å². The Balaban J connectivity index is 2.44. The minimum absolute atomic E-state index is 0.127. The van der Waals surface area contributed by atoms with Crippen LogP contribution in [0.25, 0.3) is 0 Å². The molecule has 12 heavy (non-hydrogen) atoms. The zero-order valence-electron chi connectivity index (χ0n) is 7.62. The Bertz CT molecular complexity index is 173. The largest absolute Gasteiger partial charge is 0.378 e. The second-order valence-electron chi connectivity index (χ2n) is 3.34. The van der Waals surface area contributed by atoms with E-state index in [4.69, 9.17) is 16.9 Å². The lowest BCUT2D eigenvalue weighted by Gasteiger charge is -2.21. The van der Waals surface area contributed by atoms with Crippen molar-refractivity contribution < 1.29 is 4.74 Å². The molecule has 1 aliphatic heterocycles. The van der Waals surface area contributed by atoms with E-state index < -0.39 is 0 Å². The van der Waals surface area contributed by atoms with E-state index >= 15 is 0 Å². The molecule has 1 fully saturated rings. The lowest BCUT2D eigenvalue weighted by Crippen LogP contribution is -2.34. The highest BCUT2D eigenvalue weighted by Crippen LogP contribution is 2.26. The molecular weight excluding hydrogens is 150 g/mol. The van der Waals surface area contributed by atoms with Crippen molar-refractivity contribution in [3.8, 4) is 12.3 Å². The second kappa shape index (κ2) is 4.49. The monoisotopic (exact) mass is 167 g/mol. The zero-order valence-corrected chi connectivity index (χ0v) is 7.62. The fourth-order valence-corrected chi connectivity index (χ4v) is 1.86. The van der Waals surface area contributed by atoms with Gasteiger partial charge in [-0.25, -0.2) is 0 Å². The quantitative estimate of drug-likeness (QED) is 0.640. The molecule has 2 nitrogen and oxygen atoms in total. The molecule has 0 aliphatic carbocycles. The lowest BCUT2D eigenvalue weighted by molar-refractivity contribution is 0.0818. The van der Waals surface area contributed by atoms with Crippen LogP contribution < -0.4 is 5.73 Å². The van der Waals surface area contributed by atoms with E-state index in [9.17, 15) is 0 Å². The van der Waals surface area contributed by atoms with Gasteiger partial charge in [-0.05, 0) is 12.8 Å². The van der Waals surface area contributed by atoms with Crippen LogP contribution in [0.2, 0.25) is 0 Å². The van der Waals surface area contributed by atoms with Gasteiger partial charge in [-0.15, -0.1) is 12.3 Å². The summed E-state index contributed by atoms with van der Waals surface area (Å²) in [6, 6.07) is 0.127. The van der Waals surface area contributed by atoms with E-state index in [2.05, 4.69) is 12.8 Å². The first-order chi connectivity index (χ1) is 5.79. The first kappa shape index (κ1) is 9.57. The summed E-state index contributed by atoms with van der Waals surface area (Å²) in [5.41, 5.74) is 5.93. The van der Waals surface area contributed by atoms with Gasteiger partial charge < -0.3 is 10.5 Å². The molecular formula is C10H17NO. The molecule has 0 spiro atoms. The molecule has 0 amide bonds. The number of hydrogen-bond acceptors (Lipinski definition) is 2. The summed E-state index contributed by atoms with van der Waals surface area (Å²) in [5, 5.41) is 0. The average molecular weight is 167 g/mol. The number of rotatable bonds is 3. The molecule has 1 aliphatic rings. The molecule has 0 aromatic rings. The summed E-state index contributed by atoms with van der Waals surface area (Å²) in [6.45, 7) is 2.98. The summed E-state index contributed by atoms with van der Waals surface area (Å²) in [4.78, 5) is 0. The van der Waals surface area contributed by atoms with Crippen molar-refractivity contribution in [2.45, 2.75) is 38.3 Å². The molecule has 3 unspecified atom stereocenters. The summed E-state index contributed by atoms with van der Waals surface area (Å²) >= 11 is 0. The van der Waals surface area contributed by atoms with Crippen LogP contribution in [0, 0.1) is 18.3 Å². The van der Waals surface area contributed by atoms with E-state index in [1.165, 1.54) is 0 Å². The number of terminal acetylenes is 1. The molecule has 1 saturated heterocycles. The van der Waals surface area contributed by atoms with Gasteiger partial charge in [0.2, 0.25) is 0 Å². The van der Waals surface area contributed by atoms with Crippen LogP contribution in [0.1, 0.15) is 26.2 Å². The van der Waals surface area contributed by atoms with Gasteiger partial charge in [-0.2, -0.15) is 0 Å². The summed E-state index contributed by atoms with van der Waals surface area (Å²) < 4.78 is 5.53. The number of ether oxygens (including phenoxy) is 1. The van der Waals surface area contributed by atoms with Crippen LogP contribution in [0.4, 0.5) is 0 Å². The van der Waals surface area contributed by atoms with Gasteiger partial charge in [0.1, 0.15) is 0 Å². The average Bonchev–Trinajstić information content (AvgIpc) is 2.51. The highest BCUT2D eigenvalue weighted by atomic mass is 16.5. The Labute approximate surface area is 74.5 Å².